The van der Waals surface area contributed by atoms with E-state index in [1.807, 2.05) is 42.3 Å². The molecule has 2 aromatic rings. The lowest BCUT2D eigenvalue weighted by atomic mass is 10.1. The molecule has 0 aliphatic heterocycles. The van der Waals surface area contributed by atoms with E-state index in [0.717, 1.165) is 36.1 Å². The van der Waals surface area contributed by atoms with Crippen molar-refractivity contribution in [1.82, 2.24) is 0 Å². The molecule has 0 N–H and O–H groups in total. The number of alkyl halides is 2. The van der Waals surface area contributed by atoms with Crippen LogP contribution in [0.25, 0.3) is 0 Å². The largest absolute Gasteiger partial charge is 0.407 e. The molecule has 36 heavy (non-hydrogen) atoms. The fourth-order valence-corrected chi connectivity index (χ4v) is 9.21. The molecule has 0 bridgehead atoms. The van der Waals surface area contributed by atoms with Crippen molar-refractivity contribution in [2.75, 3.05) is 6.61 Å². The average molecular weight is 513 g/mol. The van der Waals surface area contributed by atoms with Crippen LogP contribution in [0.1, 0.15) is 85.5 Å². The molecule has 2 aromatic carbocycles. The van der Waals surface area contributed by atoms with Crippen LogP contribution < -0.4 is 10.4 Å². The Morgan fingerprint density at radius 1 is 0.833 bits per heavy atom. The number of benzene rings is 2. The minimum atomic E-state index is -3.13. The van der Waals surface area contributed by atoms with Crippen molar-refractivity contribution in [3.05, 3.63) is 60.7 Å². The van der Waals surface area contributed by atoms with Crippen LogP contribution in [-0.2, 0) is 9.22 Å². The Hall–Kier alpha value is -2.29. The van der Waals surface area contributed by atoms with Crippen LogP contribution in [0.4, 0.5) is 8.78 Å². The molecule has 0 saturated carbocycles. The number of ketones is 1. The normalized spacial score (nSPS) is 12.2. The third-order valence-corrected chi connectivity index (χ3v) is 11.6. The van der Waals surface area contributed by atoms with Crippen molar-refractivity contribution in [2.24, 2.45) is 0 Å². The van der Waals surface area contributed by atoms with Crippen LogP contribution >= 0.6 is 0 Å². The van der Waals surface area contributed by atoms with Gasteiger partial charge in [-0.1, -0.05) is 127 Å². The molecule has 5 heteroatoms. The SMILES string of the molecule is CCCCCCCCCC(F)(F)C#CC(=O)CCO[Si](c1ccccc1)(c1ccccc1)C(C)(C)C. The van der Waals surface area contributed by atoms with Crippen molar-refractivity contribution in [2.45, 2.75) is 96.4 Å². The lowest BCUT2D eigenvalue weighted by Gasteiger charge is -2.43. The van der Waals surface area contributed by atoms with E-state index < -0.39 is 20.0 Å². The number of Topliss-reactive ketones (excluding diaryl/α,β-unsaturated/α-hetero) is 1. The van der Waals surface area contributed by atoms with Gasteiger partial charge in [-0.15, -0.1) is 0 Å². The summed E-state index contributed by atoms with van der Waals surface area (Å²) in [5, 5.41) is 2.01. The third kappa shape index (κ3) is 8.98. The van der Waals surface area contributed by atoms with E-state index in [4.69, 9.17) is 4.43 Å². The summed E-state index contributed by atoms with van der Waals surface area (Å²) in [6, 6.07) is 20.3. The topological polar surface area (TPSA) is 26.3 Å². The van der Waals surface area contributed by atoms with Crippen molar-refractivity contribution in [3.8, 4) is 11.8 Å². The maximum atomic E-state index is 14.2. The predicted molar refractivity (Wildman–Crippen MR) is 149 cm³/mol. The first-order chi connectivity index (χ1) is 17.1. The first-order valence-corrected chi connectivity index (χ1v) is 15.2. The summed E-state index contributed by atoms with van der Waals surface area (Å²) in [5.41, 5.74) is 0. The number of hydrogen-bond acceptors (Lipinski definition) is 2. The van der Waals surface area contributed by atoms with Gasteiger partial charge in [-0.2, -0.15) is 8.78 Å². The Kier molecular flexibility index (Phi) is 12.0. The summed E-state index contributed by atoms with van der Waals surface area (Å²) < 4.78 is 35.0. The molecule has 0 aliphatic rings. The maximum Gasteiger partial charge on any atom is 0.308 e. The monoisotopic (exact) mass is 512 g/mol. The van der Waals surface area contributed by atoms with Crippen LogP contribution in [0.5, 0.6) is 0 Å². The second-order valence-electron chi connectivity index (χ2n) is 10.5. The molecule has 2 nitrogen and oxygen atoms in total. The Morgan fingerprint density at radius 2 is 1.33 bits per heavy atom. The van der Waals surface area contributed by atoms with Gasteiger partial charge in [0.2, 0.25) is 5.78 Å². The molecule has 0 atom stereocenters. The fraction of sp³-hybridized carbons (Fsp3) is 0.516. The van der Waals surface area contributed by atoms with Gasteiger partial charge in [0, 0.05) is 19.4 Å². The van der Waals surface area contributed by atoms with Crippen molar-refractivity contribution in [1.29, 1.82) is 0 Å². The van der Waals surface area contributed by atoms with Gasteiger partial charge < -0.3 is 4.43 Å². The molecule has 0 unspecified atom stereocenters. The van der Waals surface area contributed by atoms with Gasteiger partial charge in [-0.3, -0.25) is 4.79 Å². The molecular formula is C31H42F2O2Si. The molecule has 0 heterocycles. The highest BCUT2D eigenvalue weighted by Gasteiger charge is 2.50. The van der Waals surface area contributed by atoms with Crippen LogP contribution in [0, 0.1) is 11.8 Å². The minimum absolute atomic E-state index is 0.00892. The van der Waals surface area contributed by atoms with E-state index in [0.29, 0.717) is 6.42 Å². The first-order valence-electron chi connectivity index (χ1n) is 13.3. The van der Waals surface area contributed by atoms with E-state index >= 15 is 0 Å². The molecule has 2 rings (SSSR count). The van der Waals surface area contributed by atoms with Gasteiger partial charge >= 0.3 is 5.92 Å². The van der Waals surface area contributed by atoms with Gasteiger partial charge in [0.25, 0.3) is 8.32 Å². The van der Waals surface area contributed by atoms with Crippen LogP contribution in [0.15, 0.2) is 60.7 Å². The quantitative estimate of drug-likeness (QED) is 0.115. The van der Waals surface area contributed by atoms with Gasteiger partial charge in [-0.25, -0.2) is 0 Å². The van der Waals surface area contributed by atoms with Crippen molar-refractivity contribution < 1.29 is 18.0 Å². The summed E-state index contributed by atoms with van der Waals surface area (Å²) in [6.45, 7) is 8.77. The summed E-state index contributed by atoms with van der Waals surface area (Å²) in [5.74, 6) is 0.493. The van der Waals surface area contributed by atoms with Gasteiger partial charge in [-0.05, 0) is 33.7 Å². The number of carbonyl (C=O) groups is 1. The van der Waals surface area contributed by atoms with Crippen LogP contribution in [0.3, 0.4) is 0 Å². The van der Waals surface area contributed by atoms with Gasteiger partial charge in [0.15, 0.2) is 0 Å². The maximum absolute atomic E-state index is 14.2. The van der Waals surface area contributed by atoms with Crippen LogP contribution in [-0.4, -0.2) is 26.6 Å². The predicted octanol–water partition coefficient (Wildman–Crippen LogP) is 7.30. The summed E-state index contributed by atoms with van der Waals surface area (Å²) in [7, 11) is -2.76. The zero-order valence-corrected chi connectivity index (χ0v) is 23.4. The molecule has 0 radical (unpaired) electrons. The molecule has 0 spiro atoms. The average Bonchev–Trinajstić information content (AvgIpc) is 2.85. The molecule has 0 amide bonds. The minimum Gasteiger partial charge on any atom is -0.407 e. The highest BCUT2D eigenvalue weighted by atomic mass is 28.4. The van der Waals surface area contributed by atoms with Crippen LogP contribution in [0.2, 0.25) is 5.04 Å². The second-order valence-corrected chi connectivity index (χ2v) is 14.8. The van der Waals surface area contributed by atoms with E-state index in [9.17, 15) is 13.6 Å². The Labute approximate surface area is 218 Å². The Morgan fingerprint density at radius 3 is 1.83 bits per heavy atom. The number of hydrogen-bond donors (Lipinski definition) is 0. The van der Waals surface area contributed by atoms with E-state index in [2.05, 4.69) is 57.9 Å². The summed E-state index contributed by atoms with van der Waals surface area (Å²) >= 11 is 0. The number of unbranched alkanes of at least 4 members (excludes halogenated alkanes) is 6. The number of carbonyl (C=O) groups excluding carboxylic acids is 1. The second kappa shape index (κ2) is 14.4. The fourth-order valence-electron chi connectivity index (χ4n) is 4.65. The molecule has 0 saturated heterocycles. The molecule has 0 fully saturated rings. The molecular weight excluding hydrogens is 470 g/mol. The lowest BCUT2D eigenvalue weighted by molar-refractivity contribution is -0.114. The van der Waals surface area contributed by atoms with Crippen molar-refractivity contribution in [3.63, 3.8) is 0 Å². The van der Waals surface area contributed by atoms with Gasteiger partial charge in [0.1, 0.15) is 0 Å². The highest BCUT2D eigenvalue weighted by Crippen LogP contribution is 2.36. The van der Waals surface area contributed by atoms with Crippen molar-refractivity contribution >= 4 is 24.5 Å². The highest BCUT2D eigenvalue weighted by molar-refractivity contribution is 6.99. The number of halogens is 2. The Balaban J connectivity index is 2.02. The first kappa shape index (κ1) is 29.9. The van der Waals surface area contributed by atoms with E-state index in [-0.39, 0.29) is 24.5 Å². The molecule has 0 aliphatic carbocycles. The number of rotatable bonds is 14. The smallest absolute Gasteiger partial charge is 0.308 e. The van der Waals surface area contributed by atoms with Gasteiger partial charge in [0.05, 0.1) is 0 Å². The zero-order valence-electron chi connectivity index (χ0n) is 22.4. The third-order valence-electron chi connectivity index (χ3n) is 6.54. The van der Waals surface area contributed by atoms with E-state index in [1.165, 1.54) is 12.8 Å². The molecule has 0 aromatic heterocycles. The summed E-state index contributed by atoms with van der Waals surface area (Å²) in [4.78, 5) is 12.4. The van der Waals surface area contributed by atoms with E-state index in [1.54, 1.807) is 0 Å². The molecule has 196 valence electrons. The Bertz CT molecular complexity index is 933. The zero-order chi connectivity index (χ0) is 26.5. The summed E-state index contributed by atoms with van der Waals surface area (Å²) in [6.07, 6.45) is 6.51. The lowest BCUT2D eigenvalue weighted by Crippen LogP contribution is -2.66. The standard InChI is InChI=1S/C31H42F2O2Si/c1-5-6-7-8-9-10-17-24-31(32,33)25-22-27(34)23-26-35-36(30(2,3)4,28-18-13-11-14-19-28)29-20-15-12-16-21-29/h11-16,18-21H,5-10,17,23-24,26H2,1-4H3.